The van der Waals surface area contributed by atoms with Crippen LogP contribution < -0.4 is 4.74 Å². The Morgan fingerprint density at radius 2 is 2.05 bits per heavy atom. The zero-order valence-corrected chi connectivity index (χ0v) is 11.4. The highest BCUT2D eigenvalue weighted by molar-refractivity contribution is 5.89. The van der Waals surface area contributed by atoms with Crippen LogP contribution in [0, 0.1) is 0 Å². The second-order valence-corrected chi connectivity index (χ2v) is 5.46. The lowest BCUT2D eigenvalue weighted by Gasteiger charge is -2.30. The molecule has 0 aromatic heterocycles. The Balaban J connectivity index is 1.87. The Bertz CT molecular complexity index is 573. The maximum atomic E-state index is 12.7. The quantitative estimate of drug-likeness (QED) is 0.833. The molecule has 0 spiro atoms. The van der Waals surface area contributed by atoms with E-state index in [-0.39, 0.29) is 18.9 Å². The number of carbonyl (C=O) groups is 2. The van der Waals surface area contributed by atoms with Crippen LogP contribution in [0.1, 0.15) is 24.3 Å². The summed E-state index contributed by atoms with van der Waals surface area (Å²) in [6.45, 7) is 0.511. The summed E-state index contributed by atoms with van der Waals surface area (Å²) in [7, 11) is 0. The summed E-state index contributed by atoms with van der Waals surface area (Å²) in [5.41, 5.74) is 0.791. The van der Waals surface area contributed by atoms with Crippen LogP contribution in [0.3, 0.4) is 0 Å². The van der Waals surface area contributed by atoms with Crippen molar-refractivity contribution < 1.29 is 24.5 Å². The second kappa shape index (κ2) is 5.37. The van der Waals surface area contributed by atoms with E-state index < -0.39 is 24.0 Å². The first-order chi connectivity index (χ1) is 10.1. The fourth-order valence-electron chi connectivity index (χ4n) is 3.09. The summed E-state index contributed by atoms with van der Waals surface area (Å²) < 4.78 is 5.53. The predicted octanol–water partition coefficient (Wildman–Crippen LogP) is 0.599. The standard InChI is InChI=1S/C15H17NO5/c17-9-7-12(15(19)20)16(8-9)14(18)11-5-6-21-13-4-2-1-3-10(11)13/h1-4,9,11-12,17H,5-8H2,(H,19,20)/t9-,11?,12-/m0/s1. The van der Waals surface area contributed by atoms with Gasteiger partial charge in [-0.2, -0.15) is 0 Å². The fourth-order valence-corrected chi connectivity index (χ4v) is 3.09. The molecule has 3 rings (SSSR count). The molecule has 1 aromatic rings. The van der Waals surface area contributed by atoms with Gasteiger partial charge in [0.05, 0.1) is 18.6 Å². The molecule has 1 fully saturated rings. The van der Waals surface area contributed by atoms with Crippen molar-refractivity contribution in [2.24, 2.45) is 0 Å². The molecular weight excluding hydrogens is 274 g/mol. The van der Waals surface area contributed by atoms with Crippen molar-refractivity contribution in [1.82, 2.24) is 4.90 Å². The number of rotatable bonds is 2. The molecule has 6 nitrogen and oxygen atoms in total. The SMILES string of the molecule is O=C(O)[C@@H]1C[C@H](O)CN1C(=O)C1CCOc2ccccc21. The minimum atomic E-state index is -1.07. The van der Waals surface area contributed by atoms with E-state index in [1.807, 2.05) is 24.3 Å². The highest BCUT2D eigenvalue weighted by Gasteiger charge is 2.42. The highest BCUT2D eigenvalue weighted by Crippen LogP contribution is 2.36. The van der Waals surface area contributed by atoms with Crippen LogP contribution in [0.25, 0.3) is 0 Å². The summed E-state index contributed by atoms with van der Waals surface area (Å²) >= 11 is 0. The first-order valence-corrected chi connectivity index (χ1v) is 7.01. The molecule has 1 aromatic carbocycles. The van der Waals surface area contributed by atoms with Gasteiger partial charge in [0.2, 0.25) is 5.91 Å². The number of aliphatic hydroxyl groups excluding tert-OH is 1. The number of carboxylic acid groups (broad SMARTS) is 1. The number of benzene rings is 1. The average molecular weight is 291 g/mol. The molecule has 21 heavy (non-hydrogen) atoms. The molecule has 2 aliphatic heterocycles. The largest absolute Gasteiger partial charge is 0.493 e. The van der Waals surface area contributed by atoms with Gasteiger partial charge >= 0.3 is 5.97 Å². The third kappa shape index (κ3) is 2.47. The first kappa shape index (κ1) is 13.9. The van der Waals surface area contributed by atoms with Gasteiger partial charge in [-0.3, -0.25) is 4.79 Å². The number of para-hydroxylation sites is 1. The molecule has 0 bridgehead atoms. The van der Waals surface area contributed by atoms with Crippen LogP contribution in [0.2, 0.25) is 0 Å². The molecule has 1 unspecified atom stereocenters. The second-order valence-electron chi connectivity index (χ2n) is 5.46. The van der Waals surface area contributed by atoms with Crippen LogP contribution >= 0.6 is 0 Å². The van der Waals surface area contributed by atoms with Crippen LogP contribution in [-0.4, -0.2) is 52.3 Å². The van der Waals surface area contributed by atoms with Crippen LogP contribution in [-0.2, 0) is 9.59 Å². The number of likely N-dealkylation sites (tertiary alicyclic amines) is 1. The highest BCUT2D eigenvalue weighted by atomic mass is 16.5. The molecule has 3 atom stereocenters. The number of hydrogen-bond acceptors (Lipinski definition) is 4. The van der Waals surface area contributed by atoms with E-state index in [4.69, 9.17) is 4.74 Å². The number of aliphatic carboxylic acids is 1. The first-order valence-electron chi connectivity index (χ1n) is 7.01. The van der Waals surface area contributed by atoms with Crippen LogP contribution in [0.15, 0.2) is 24.3 Å². The zero-order valence-electron chi connectivity index (χ0n) is 11.4. The molecule has 0 saturated carbocycles. The molecule has 2 heterocycles. The van der Waals surface area contributed by atoms with Gasteiger partial charge in [0.15, 0.2) is 0 Å². The van der Waals surface area contributed by atoms with Gasteiger partial charge in [0.1, 0.15) is 11.8 Å². The molecule has 2 aliphatic rings. The minimum absolute atomic E-state index is 0.0787. The Hall–Kier alpha value is -2.08. The molecule has 6 heteroatoms. The van der Waals surface area contributed by atoms with Crippen molar-refractivity contribution in [1.29, 1.82) is 0 Å². The summed E-state index contributed by atoms with van der Waals surface area (Å²) in [4.78, 5) is 25.3. The van der Waals surface area contributed by atoms with Gasteiger partial charge in [0, 0.05) is 18.5 Å². The molecule has 0 aliphatic carbocycles. The van der Waals surface area contributed by atoms with Gasteiger partial charge in [-0.1, -0.05) is 18.2 Å². The van der Waals surface area contributed by atoms with Crippen molar-refractivity contribution >= 4 is 11.9 Å². The van der Waals surface area contributed by atoms with E-state index >= 15 is 0 Å². The van der Waals surface area contributed by atoms with Crippen molar-refractivity contribution in [2.75, 3.05) is 13.2 Å². The van der Waals surface area contributed by atoms with Crippen molar-refractivity contribution in [3.05, 3.63) is 29.8 Å². The Labute approximate surface area is 121 Å². The third-order valence-electron chi connectivity index (χ3n) is 4.10. The monoisotopic (exact) mass is 291 g/mol. The molecule has 2 N–H and O–H groups in total. The maximum Gasteiger partial charge on any atom is 0.326 e. The van der Waals surface area contributed by atoms with Crippen molar-refractivity contribution in [3.8, 4) is 5.75 Å². The van der Waals surface area contributed by atoms with Crippen LogP contribution in [0.4, 0.5) is 0 Å². The topological polar surface area (TPSA) is 87.1 Å². The lowest BCUT2D eigenvalue weighted by atomic mass is 9.91. The van der Waals surface area contributed by atoms with E-state index in [0.29, 0.717) is 18.8 Å². The van der Waals surface area contributed by atoms with E-state index in [1.165, 1.54) is 4.90 Å². The average Bonchev–Trinajstić information content (AvgIpc) is 2.88. The predicted molar refractivity (Wildman–Crippen MR) is 73.1 cm³/mol. The maximum absolute atomic E-state index is 12.7. The molecular formula is C15H17NO5. The molecule has 0 radical (unpaired) electrons. The Morgan fingerprint density at radius 1 is 1.29 bits per heavy atom. The van der Waals surface area contributed by atoms with Gasteiger partial charge in [-0.15, -0.1) is 0 Å². The number of carboxylic acids is 1. The lowest BCUT2D eigenvalue weighted by molar-refractivity contribution is -0.149. The van der Waals surface area contributed by atoms with E-state index in [2.05, 4.69) is 0 Å². The number of hydrogen-bond donors (Lipinski definition) is 2. The van der Waals surface area contributed by atoms with Gasteiger partial charge in [0.25, 0.3) is 0 Å². The number of fused-ring (bicyclic) bond motifs is 1. The number of amides is 1. The normalized spacial score (nSPS) is 27.9. The van der Waals surface area contributed by atoms with E-state index in [0.717, 1.165) is 5.56 Å². The van der Waals surface area contributed by atoms with Crippen LogP contribution in [0.5, 0.6) is 5.75 Å². The summed E-state index contributed by atoms with van der Waals surface area (Å²) in [6.07, 6.45) is -0.161. The zero-order chi connectivity index (χ0) is 15.0. The smallest absolute Gasteiger partial charge is 0.326 e. The summed E-state index contributed by atoms with van der Waals surface area (Å²) in [5.74, 6) is -1.04. The van der Waals surface area contributed by atoms with Gasteiger partial charge in [-0.25, -0.2) is 4.79 Å². The molecule has 112 valence electrons. The van der Waals surface area contributed by atoms with Crippen molar-refractivity contribution in [2.45, 2.75) is 30.9 Å². The number of nitrogens with zero attached hydrogens (tertiary/aromatic N) is 1. The van der Waals surface area contributed by atoms with Gasteiger partial charge in [-0.05, 0) is 12.5 Å². The minimum Gasteiger partial charge on any atom is -0.493 e. The fraction of sp³-hybridized carbons (Fsp3) is 0.467. The molecule has 1 amide bonds. The number of aliphatic hydroxyl groups is 1. The number of carbonyl (C=O) groups excluding carboxylic acids is 1. The van der Waals surface area contributed by atoms with E-state index in [1.54, 1.807) is 0 Å². The number of β-amino-alcohol motifs (C(OH)–C–C–N with tert-alkyl or cyclic N) is 1. The third-order valence-corrected chi connectivity index (χ3v) is 4.10. The Morgan fingerprint density at radius 3 is 2.81 bits per heavy atom. The van der Waals surface area contributed by atoms with Crippen molar-refractivity contribution in [3.63, 3.8) is 0 Å². The molecule has 1 saturated heterocycles. The van der Waals surface area contributed by atoms with E-state index in [9.17, 15) is 19.8 Å². The summed E-state index contributed by atoms with van der Waals surface area (Å²) in [5, 5.41) is 18.9. The van der Waals surface area contributed by atoms with Gasteiger partial charge < -0.3 is 19.8 Å². The lowest BCUT2D eigenvalue weighted by Crippen LogP contribution is -2.43. The summed E-state index contributed by atoms with van der Waals surface area (Å²) in [6, 6.07) is 6.37. The Kier molecular flexibility index (Phi) is 3.55. The number of ether oxygens (including phenoxy) is 1.